The molecular weight excluding hydrogens is 316 g/mol. The van der Waals surface area contributed by atoms with Gasteiger partial charge in [-0.2, -0.15) is 0 Å². The van der Waals surface area contributed by atoms with E-state index in [-0.39, 0.29) is 0 Å². The zero-order valence-electron chi connectivity index (χ0n) is 14.3. The van der Waals surface area contributed by atoms with Gasteiger partial charge in [0.25, 0.3) is 0 Å². The Morgan fingerprint density at radius 2 is 1.79 bits per heavy atom. The molecular formula is C20H22N2OS. The summed E-state index contributed by atoms with van der Waals surface area (Å²) >= 11 is 0. The second-order valence-corrected chi connectivity index (χ2v) is 7.25. The first-order valence-electron chi connectivity index (χ1n) is 8.14. The molecule has 0 aliphatic rings. The van der Waals surface area contributed by atoms with E-state index in [1.807, 2.05) is 30.3 Å². The van der Waals surface area contributed by atoms with Gasteiger partial charge in [0.2, 0.25) is 0 Å². The number of pyridine rings is 1. The van der Waals surface area contributed by atoms with Gasteiger partial charge in [-0.05, 0) is 42.7 Å². The topological polar surface area (TPSA) is 42.0 Å². The van der Waals surface area contributed by atoms with Crippen LogP contribution in [-0.4, -0.2) is 15.4 Å². The summed E-state index contributed by atoms with van der Waals surface area (Å²) in [6.45, 7) is 4.97. The maximum Gasteiger partial charge on any atom is 0.0726 e. The molecule has 0 radical (unpaired) electrons. The van der Waals surface area contributed by atoms with Gasteiger partial charge in [0.05, 0.1) is 5.52 Å². The van der Waals surface area contributed by atoms with Crippen LogP contribution in [0.1, 0.15) is 23.7 Å². The van der Waals surface area contributed by atoms with E-state index in [9.17, 15) is 4.21 Å². The van der Waals surface area contributed by atoms with Crippen molar-refractivity contribution in [3.05, 3.63) is 65.4 Å². The van der Waals surface area contributed by atoms with Gasteiger partial charge in [0.15, 0.2) is 0 Å². The average Bonchev–Trinajstić information content (AvgIpc) is 2.59. The van der Waals surface area contributed by atoms with Crippen LogP contribution in [0.2, 0.25) is 0 Å². The Hall–Kier alpha value is -2.20. The van der Waals surface area contributed by atoms with Crippen LogP contribution in [-0.2, 0) is 23.8 Å². The molecule has 24 heavy (non-hydrogen) atoms. The van der Waals surface area contributed by atoms with Crippen molar-refractivity contribution in [1.82, 2.24) is 4.98 Å². The summed E-state index contributed by atoms with van der Waals surface area (Å²) in [5, 5.41) is 4.76. The van der Waals surface area contributed by atoms with Gasteiger partial charge in [-0.15, -0.1) is 0 Å². The molecule has 1 N–H and O–H groups in total. The van der Waals surface area contributed by atoms with Gasteiger partial charge < -0.3 is 5.32 Å². The summed E-state index contributed by atoms with van der Waals surface area (Å²) in [5.74, 6) is 0. The molecule has 1 heterocycles. The van der Waals surface area contributed by atoms with Crippen molar-refractivity contribution >= 4 is 27.4 Å². The van der Waals surface area contributed by atoms with Gasteiger partial charge >= 0.3 is 0 Å². The summed E-state index contributed by atoms with van der Waals surface area (Å²) in [5.41, 5.74) is 5.70. The lowest BCUT2D eigenvalue weighted by Crippen LogP contribution is -2.06. The van der Waals surface area contributed by atoms with Crippen molar-refractivity contribution in [3.8, 4) is 0 Å². The predicted octanol–water partition coefficient (Wildman–Crippen LogP) is 4.46. The number of aromatic nitrogens is 1. The summed E-state index contributed by atoms with van der Waals surface area (Å²) in [4.78, 5) is 5.58. The minimum atomic E-state index is -0.933. The second-order valence-electron chi connectivity index (χ2n) is 5.87. The highest BCUT2D eigenvalue weighted by atomic mass is 32.2. The molecule has 1 aromatic heterocycles. The first kappa shape index (κ1) is 16.7. The maximum atomic E-state index is 11.5. The van der Waals surface area contributed by atoms with Crippen molar-refractivity contribution in [2.45, 2.75) is 31.7 Å². The molecule has 0 saturated heterocycles. The Balaban J connectivity index is 1.93. The Kier molecular flexibility index (Phi) is 4.95. The maximum absolute atomic E-state index is 11.5. The van der Waals surface area contributed by atoms with E-state index in [2.05, 4.69) is 37.4 Å². The normalized spacial score (nSPS) is 12.3. The quantitative estimate of drug-likeness (QED) is 0.747. The third-order valence-electron chi connectivity index (χ3n) is 4.28. The van der Waals surface area contributed by atoms with Crippen LogP contribution in [0.25, 0.3) is 10.9 Å². The highest BCUT2D eigenvalue weighted by molar-refractivity contribution is 7.84. The number of hydrogen-bond donors (Lipinski definition) is 1. The van der Waals surface area contributed by atoms with E-state index < -0.39 is 10.8 Å². The number of aryl methyl sites for hydroxylation is 1. The number of nitrogens with one attached hydrogen (secondary N) is 1. The predicted molar refractivity (Wildman–Crippen MR) is 102 cm³/mol. The van der Waals surface area contributed by atoms with Crippen LogP contribution in [0.4, 0.5) is 5.69 Å². The SMILES string of the molecule is CCc1c(C)nc2ccccc2c1NCc1ccc(S(C)=O)cc1. The fourth-order valence-electron chi connectivity index (χ4n) is 3.00. The number of hydrogen-bond acceptors (Lipinski definition) is 3. The van der Waals surface area contributed by atoms with Gasteiger partial charge in [0, 0.05) is 45.3 Å². The van der Waals surface area contributed by atoms with Crippen LogP contribution in [0, 0.1) is 6.92 Å². The summed E-state index contributed by atoms with van der Waals surface area (Å²) in [6, 6.07) is 16.2. The molecule has 3 aromatic rings. The van der Waals surface area contributed by atoms with Crippen molar-refractivity contribution in [2.24, 2.45) is 0 Å². The number of anilines is 1. The molecule has 1 atom stereocenters. The van der Waals surface area contributed by atoms with E-state index in [0.717, 1.165) is 34.5 Å². The first-order chi connectivity index (χ1) is 11.6. The zero-order valence-corrected chi connectivity index (χ0v) is 15.1. The number of nitrogens with zero attached hydrogens (tertiary/aromatic N) is 1. The molecule has 4 heteroatoms. The lowest BCUT2D eigenvalue weighted by molar-refractivity contribution is 0.687. The van der Waals surface area contributed by atoms with Gasteiger partial charge in [-0.25, -0.2) is 0 Å². The summed E-state index contributed by atoms with van der Waals surface area (Å²) < 4.78 is 11.5. The third-order valence-corrected chi connectivity index (χ3v) is 5.21. The van der Waals surface area contributed by atoms with Gasteiger partial charge in [-0.3, -0.25) is 9.19 Å². The number of fused-ring (bicyclic) bond motifs is 1. The lowest BCUT2D eigenvalue weighted by atomic mass is 10.0. The highest BCUT2D eigenvalue weighted by Gasteiger charge is 2.11. The molecule has 124 valence electrons. The van der Waals surface area contributed by atoms with Crippen LogP contribution in [0.15, 0.2) is 53.4 Å². The second kappa shape index (κ2) is 7.14. The molecule has 0 aliphatic carbocycles. The standard InChI is InChI=1S/C20H22N2OS/c1-4-17-14(2)22-19-8-6-5-7-18(19)20(17)21-13-15-9-11-16(12-10-15)24(3)23/h5-12H,4,13H2,1-3H3,(H,21,22). The highest BCUT2D eigenvalue weighted by Crippen LogP contribution is 2.29. The fraction of sp³-hybridized carbons (Fsp3) is 0.250. The van der Waals surface area contributed by atoms with Crippen LogP contribution < -0.4 is 5.32 Å². The molecule has 0 fully saturated rings. The molecule has 1 unspecified atom stereocenters. The molecule has 3 rings (SSSR count). The third kappa shape index (κ3) is 3.34. The van der Waals surface area contributed by atoms with Crippen LogP contribution >= 0.6 is 0 Å². The van der Waals surface area contributed by atoms with Gasteiger partial charge in [-0.1, -0.05) is 37.3 Å². The molecule has 2 aromatic carbocycles. The summed E-state index contributed by atoms with van der Waals surface area (Å²) in [6.07, 6.45) is 2.65. The Morgan fingerprint density at radius 1 is 1.08 bits per heavy atom. The monoisotopic (exact) mass is 338 g/mol. The number of para-hydroxylation sites is 1. The lowest BCUT2D eigenvalue weighted by Gasteiger charge is -2.16. The Morgan fingerprint density at radius 3 is 2.46 bits per heavy atom. The molecule has 0 bridgehead atoms. The number of rotatable bonds is 5. The average molecular weight is 338 g/mol. The first-order valence-corrected chi connectivity index (χ1v) is 9.70. The minimum Gasteiger partial charge on any atom is -0.380 e. The minimum absolute atomic E-state index is 0.733. The summed E-state index contributed by atoms with van der Waals surface area (Å²) in [7, 11) is -0.933. The van der Waals surface area contributed by atoms with E-state index in [4.69, 9.17) is 4.98 Å². The Labute approximate surface area is 145 Å². The van der Waals surface area contributed by atoms with Crippen molar-refractivity contribution in [1.29, 1.82) is 0 Å². The van der Waals surface area contributed by atoms with E-state index in [1.165, 1.54) is 16.8 Å². The van der Waals surface area contributed by atoms with Crippen molar-refractivity contribution in [2.75, 3.05) is 11.6 Å². The fourth-order valence-corrected chi connectivity index (χ4v) is 3.52. The molecule has 0 aliphatic heterocycles. The van der Waals surface area contributed by atoms with E-state index in [1.54, 1.807) is 6.26 Å². The number of benzene rings is 2. The molecule has 0 amide bonds. The van der Waals surface area contributed by atoms with E-state index >= 15 is 0 Å². The van der Waals surface area contributed by atoms with Crippen LogP contribution in [0.5, 0.6) is 0 Å². The Bertz CT molecular complexity index is 888. The van der Waals surface area contributed by atoms with E-state index in [0.29, 0.717) is 0 Å². The molecule has 3 nitrogen and oxygen atoms in total. The molecule has 0 saturated carbocycles. The largest absolute Gasteiger partial charge is 0.380 e. The smallest absolute Gasteiger partial charge is 0.0726 e. The molecule has 0 spiro atoms. The zero-order chi connectivity index (χ0) is 17.1. The van der Waals surface area contributed by atoms with Crippen LogP contribution in [0.3, 0.4) is 0 Å². The van der Waals surface area contributed by atoms with Crippen molar-refractivity contribution in [3.63, 3.8) is 0 Å². The van der Waals surface area contributed by atoms with Gasteiger partial charge in [0.1, 0.15) is 0 Å². The van der Waals surface area contributed by atoms with Crippen molar-refractivity contribution < 1.29 is 4.21 Å².